The van der Waals surface area contributed by atoms with Gasteiger partial charge in [-0.05, 0) is 25.0 Å². The van der Waals surface area contributed by atoms with Crippen LogP contribution >= 0.6 is 0 Å². The first-order valence-corrected chi connectivity index (χ1v) is 6.11. The third-order valence-electron chi connectivity index (χ3n) is 2.83. The maximum atomic E-state index is 4.25. The smallest absolute Gasteiger partial charge is 0.0929 e. The van der Waals surface area contributed by atoms with Crippen LogP contribution in [-0.4, -0.2) is 10.2 Å². The van der Waals surface area contributed by atoms with E-state index < -0.39 is 0 Å². The molecule has 0 saturated carbocycles. The fourth-order valence-electron chi connectivity index (χ4n) is 1.88. The molecule has 1 aromatic heterocycles. The van der Waals surface area contributed by atoms with Crippen LogP contribution in [0, 0.1) is 0 Å². The molecule has 84 valence electrons. The van der Waals surface area contributed by atoms with Crippen molar-refractivity contribution in [3.63, 3.8) is 0 Å². The molecule has 16 heavy (non-hydrogen) atoms. The number of hydrogen-bond acceptors (Lipinski definition) is 2. The maximum absolute atomic E-state index is 4.25. The topological polar surface area (TPSA) is 25.8 Å². The lowest BCUT2D eigenvalue weighted by Gasteiger charge is -2.01. The van der Waals surface area contributed by atoms with Crippen LogP contribution in [0.1, 0.15) is 38.3 Å². The highest BCUT2D eigenvalue weighted by Crippen LogP contribution is 2.12. The van der Waals surface area contributed by atoms with Gasteiger partial charge in [-0.15, -0.1) is 0 Å². The van der Waals surface area contributed by atoms with Gasteiger partial charge in [-0.3, -0.25) is 0 Å². The van der Waals surface area contributed by atoms with Crippen LogP contribution < -0.4 is 0 Å². The van der Waals surface area contributed by atoms with Crippen LogP contribution in [-0.2, 0) is 6.42 Å². The molecule has 0 fully saturated rings. The van der Waals surface area contributed by atoms with Crippen molar-refractivity contribution in [1.29, 1.82) is 0 Å². The average molecular weight is 214 g/mol. The van der Waals surface area contributed by atoms with Gasteiger partial charge in [0.1, 0.15) is 0 Å². The van der Waals surface area contributed by atoms with Gasteiger partial charge in [-0.25, -0.2) is 0 Å². The van der Waals surface area contributed by atoms with Crippen molar-refractivity contribution >= 4 is 10.9 Å². The monoisotopic (exact) mass is 214 g/mol. The molecule has 0 aliphatic carbocycles. The first-order chi connectivity index (χ1) is 7.90. The summed E-state index contributed by atoms with van der Waals surface area (Å²) in [6.45, 7) is 2.23. The summed E-state index contributed by atoms with van der Waals surface area (Å²) < 4.78 is 0. The van der Waals surface area contributed by atoms with E-state index in [0.29, 0.717) is 0 Å². The van der Waals surface area contributed by atoms with Crippen LogP contribution in [0.2, 0.25) is 0 Å². The number of hydrogen-bond donors (Lipinski definition) is 0. The molecule has 0 radical (unpaired) electrons. The lowest BCUT2D eigenvalue weighted by Crippen LogP contribution is -1.93. The van der Waals surface area contributed by atoms with Gasteiger partial charge in [0.2, 0.25) is 0 Å². The Morgan fingerprint density at radius 3 is 2.75 bits per heavy atom. The zero-order valence-corrected chi connectivity index (χ0v) is 9.82. The van der Waals surface area contributed by atoms with Gasteiger partial charge in [0.15, 0.2) is 0 Å². The van der Waals surface area contributed by atoms with Crippen LogP contribution in [0.3, 0.4) is 0 Å². The average Bonchev–Trinajstić information content (AvgIpc) is 2.34. The van der Waals surface area contributed by atoms with Crippen molar-refractivity contribution in [3.8, 4) is 0 Å². The van der Waals surface area contributed by atoms with Crippen molar-refractivity contribution < 1.29 is 0 Å². The number of fused-ring (bicyclic) bond motifs is 1. The minimum Gasteiger partial charge on any atom is -0.155 e. The van der Waals surface area contributed by atoms with Crippen molar-refractivity contribution in [2.24, 2.45) is 0 Å². The Labute approximate surface area is 96.7 Å². The lowest BCUT2D eigenvalue weighted by molar-refractivity contribution is 0.657. The normalized spacial score (nSPS) is 10.8. The van der Waals surface area contributed by atoms with Crippen LogP contribution in [0.25, 0.3) is 10.9 Å². The zero-order valence-electron chi connectivity index (χ0n) is 9.82. The first kappa shape index (κ1) is 11.1. The van der Waals surface area contributed by atoms with Gasteiger partial charge in [-0.1, -0.05) is 44.4 Å². The second-order valence-electron chi connectivity index (χ2n) is 4.21. The number of rotatable bonds is 5. The van der Waals surface area contributed by atoms with Crippen molar-refractivity contribution in [2.45, 2.75) is 39.0 Å². The molecular weight excluding hydrogens is 196 g/mol. The van der Waals surface area contributed by atoms with Crippen molar-refractivity contribution in [1.82, 2.24) is 10.2 Å². The summed E-state index contributed by atoms with van der Waals surface area (Å²) in [5, 5.41) is 9.68. The number of aromatic nitrogens is 2. The predicted octanol–water partition coefficient (Wildman–Crippen LogP) is 3.75. The summed E-state index contributed by atoms with van der Waals surface area (Å²) in [7, 11) is 0. The first-order valence-electron chi connectivity index (χ1n) is 6.11. The number of benzene rings is 1. The molecule has 2 rings (SSSR count). The highest BCUT2D eigenvalue weighted by molar-refractivity contribution is 5.77. The Morgan fingerprint density at radius 2 is 1.88 bits per heavy atom. The summed E-state index contributed by atoms with van der Waals surface area (Å²) in [5.41, 5.74) is 2.11. The van der Waals surface area contributed by atoms with E-state index in [0.717, 1.165) is 17.6 Å². The van der Waals surface area contributed by atoms with E-state index in [1.165, 1.54) is 31.1 Å². The molecule has 0 spiro atoms. The minimum atomic E-state index is 0.986. The summed E-state index contributed by atoms with van der Waals surface area (Å²) >= 11 is 0. The van der Waals surface area contributed by atoms with E-state index in [1.807, 2.05) is 18.2 Å². The number of unbranched alkanes of at least 4 members (excludes halogenated alkanes) is 3. The Kier molecular flexibility index (Phi) is 3.86. The molecule has 0 N–H and O–H groups in total. The summed E-state index contributed by atoms with van der Waals surface area (Å²) in [6.07, 6.45) is 6.17. The van der Waals surface area contributed by atoms with Gasteiger partial charge < -0.3 is 0 Å². The Hall–Kier alpha value is -1.44. The SMILES string of the molecule is CCCCCCc1cc2ccccc2nn1. The van der Waals surface area contributed by atoms with Crippen molar-refractivity contribution in [2.75, 3.05) is 0 Å². The third kappa shape index (κ3) is 2.78. The summed E-state index contributed by atoms with van der Waals surface area (Å²) in [4.78, 5) is 0. The highest BCUT2D eigenvalue weighted by atomic mass is 15.1. The lowest BCUT2D eigenvalue weighted by atomic mass is 10.1. The molecule has 0 bridgehead atoms. The Morgan fingerprint density at radius 1 is 1.00 bits per heavy atom. The molecule has 0 unspecified atom stereocenters. The maximum Gasteiger partial charge on any atom is 0.0929 e. The predicted molar refractivity (Wildman–Crippen MR) is 67.4 cm³/mol. The Bertz CT molecular complexity index is 451. The van der Waals surface area contributed by atoms with E-state index in [4.69, 9.17) is 0 Å². The molecule has 2 aromatic rings. The largest absolute Gasteiger partial charge is 0.155 e. The summed E-state index contributed by atoms with van der Waals surface area (Å²) in [6, 6.07) is 10.3. The summed E-state index contributed by atoms with van der Waals surface area (Å²) in [5.74, 6) is 0. The van der Waals surface area contributed by atoms with E-state index in [-0.39, 0.29) is 0 Å². The van der Waals surface area contributed by atoms with Crippen LogP contribution in [0.15, 0.2) is 30.3 Å². The van der Waals surface area contributed by atoms with Gasteiger partial charge in [0, 0.05) is 5.39 Å². The zero-order chi connectivity index (χ0) is 11.2. The molecule has 1 heterocycles. The van der Waals surface area contributed by atoms with Gasteiger partial charge in [-0.2, -0.15) is 10.2 Å². The second kappa shape index (κ2) is 5.59. The third-order valence-corrected chi connectivity index (χ3v) is 2.83. The van der Waals surface area contributed by atoms with Crippen LogP contribution in [0.4, 0.5) is 0 Å². The minimum absolute atomic E-state index is 0.986. The van der Waals surface area contributed by atoms with Gasteiger partial charge >= 0.3 is 0 Å². The van der Waals surface area contributed by atoms with Crippen LogP contribution in [0.5, 0.6) is 0 Å². The molecule has 0 aliphatic rings. The highest BCUT2D eigenvalue weighted by Gasteiger charge is 1.98. The van der Waals surface area contributed by atoms with Gasteiger partial charge in [0.05, 0.1) is 11.2 Å². The van der Waals surface area contributed by atoms with E-state index in [9.17, 15) is 0 Å². The number of nitrogens with zero attached hydrogens (tertiary/aromatic N) is 2. The molecule has 0 atom stereocenters. The number of aryl methyl sites for hydroxylation is 1. The standard InChI is InChI=1S/C14H18N2/c1-2-3-4-5-9-13-11-12-8-6-7-10-14(12)16-15-13/h6-8,10-11H,2-5,9H2,1H3. The second-order valence-corrected chi connectivity index (χ2v) is 4.21. The van der Waals surface area contributed by atoms with E-state index >= 15 is 0 Å². The fourth-order valence-corrected chi connectivity index (χ4v) is 1.88. The van der Waals surface area contributed by atoms with Crippen molar-refractivity contribution in [3.05, 3.63) is 36.0 Å². The van der Waals surface area contributed by atoms with E-state index in [2.05, 4.69) is 29.3 Å². The Balaban J connectivity index is 2.02. The molecule has 0 saturated heterocycles. The molecule has 1 aromatic carbocycles. The molecule has 2 heteroatoms. The van der Waals surface area contributed by atoms with Gasteiger partial charge in [0.25, 0.3) is 0 Å². The molecular formula is C14H18N2. The molecule has 0 amide bonds. The van der Waals surface area contributed by atoms with E-state index in [1.54, 1.807) is 0 Å². The fraction of sp³-hybridized carbons (Fsp3) is 0.429. The quantitative estimate of drug-likeness (QED) is 0.708. The molecule has 0 aliphatic heterocycles. The molecule has 2 nitrogen and oxygen atoms in total.